The monoisotopic (exact) mass is 280 g/mol. The zero-order valence-corrected chi connectivity index (χ0v) is 10.7. The first kappa shape index (κ1) is 13.4. The van der Waals surface area contributed by atoms with Crippen molar-refractivity contribution in [3.63, 3.8) is 0 Å². The van der Waals surface area contributed by atoms with E-state index < -0.39 is 11.8 Å². The number of carbonyl (C=O) groups is 1. The van der Waals surface area contributed by atoms with Crippen molar-refractivity contribution in [1.82, 2.24) is 0 Å². The molecule has 0 amide bonds. The molecular weight excluding hydrogens is 271 g/mol. The standard InChI is InChI=1S/C14H10ClFO3/c1-8-6-10(15)3-5-12(8)19-13-4-2-9(14(17)18)7-11(13)16/h2-7H,1H3,(H,17,18). The fraction of sp³-hybridized carbons (Fsp3) is 0.0714. The maximum absolute atomic E-state index is 13.7. The van der Waals surface area contributed by atoms with Crippen LogP contribution in [-0.2, 0) is 0 Å². The third kappa shape index (κ3) is 3.03. The average molecular weight is 281 g/mol. The Morgan fingerprint density at radius 3 is 2.47 bits per heavy atom. The molecule has 0 atom stereocenters. The van der Waals surface area contributed by atoms with Crippen molar-refractivity contribution in [3.8, 4) is 11.5 Å². The summed E-state index contributed by atoms with van der Waals surface area (Å²) in [5, 5.41) is 9.30. The molecule has 0 unspecified atom stereocenters. The van der Waals surface area contributed by atoms with Gasteiger partial charge in [-0.05, 0) is 48.9 Å². The topological polar surface area (TPSA) is 46.5 Å². The highest BCUT2D eigenvalue weighted by molar-refractivity contribution is 6.30. The molecule has 2 aromatic carbocycles. The Balaban J connectivity index is 2.31. The Morgan fingerprint density at radius 2 is 1.89 bits per heavy atom. The minimum absolute atomic E-state index is 0.0320. The number of aryl methyl sites for hydroxylation is 1. The van der Waals surface area contributed by atoms with Gasteiger partial charge in [-0.2, -0.15) is 0 Å². The van der Waals surface area contributed by atoms with Crippen LogP contribution < -0.4 is 4.74 Å². The minimum Gasteiger partial charge on any atom is -0.478 e. The molecular formula is C14H10ClFO3. The van der Waals surface area contributed by atoms with Gasteiger partial charge in [-0.3, -0.25) is 0 Å². The normalized spacial score (nSPS) is 10.3. The lowest BCUT2D eigenvalue weighted by molar-refractivity contribution is 0.0696. The van der Waals surface area contributed by atoms with E-state index in [4.69, 9.17) is 21.4 Å². The van der Waals surface area contributed by atoms with Crippen LogP contribution in [0.4, 0.5) is 4.39 Å². The molecule has 5 heteroatoms. The van der Waals surface area contributed by atoms with Gasteiger partial charge in [0.15, 0.2) is 11.6 Å². The van der Waals surface area contributed by atoms with Gasteiger partial charge in [-0.1, -0.05) is 11.6 Å². The molecule has 0 spiro atoms. The lowest BCUT2D eigenvalue weighted by Crippen LogP contribution is -1.98. The smallest absolute Gasteiger partial charge is 0.335 e. The van der Waals surface area contributed by atoms with Crippen molar-refractivity contribution in [2.24, 2.45) is 0 Å². The first-order chi connectivity index (χ1) is 8.97. The molecule has 0 heterocycles. The van der Waals surface area contributed by atoms with E-state index in [1.54, 1.807) is 25.1 Å². The molecule has 3 nitrogen and oxygen atoms in total. The summed E-state index contributed by atoms with van der Waals surface area (Å²) < 4.78 is 19.1. The predicted octanol–water partition coefficient (Wildman–Crippen LogP) is 4.28. The van der Waals surface area contributed by atoms with Crippen molar-refractivity contribution >= 4 is 17.6 Å². The molecule has 1 N–H and O–H groups in total. The summed E-state index contributed by atoms with van der Waals surface area (Å²) >= 11 is 5.81. The number of hydrogen-bond donors (Lipinski definition) is 1. The number of carboxylic acids is 1. The molecule has 0 saturated carbocycles. The molecule has 98 valence electrons. The van der Waals surface area contributed by atoms with Crippen LogP contribution in [0, 0.1) is 12.7 Å². The molecule has 0 aromatic heterocycles. The van der Waals surface area contributed by atoms with Gasteiger partial charge in [0.2, 0.25) is 0 Å². The number of rotatable bonds is 3. The van der Waals surface area contributed by atoms with Gasteiger partial charge in [0.25, 0.3) is 0 Å². The van der Waals surface area contributed by atoms with E-state index in [1.165, 1.54) is 12.1 Å². The fourth-order valence-corrected chi connectivity index (χ4v) is 1.79. The molecule has 2 rings (SSSR count). The second kappa shape index (κ2) is 5.28. The lowest BCUT2D eigenvalue weighted by Gasteiger charge is -2.10. The van der Waals surface area contributed by atoms with Gasteiger partial charge >= 0.3 is 5.97 Å². The van der Waals surface area contributed by atoms with Gasteiger partial charge < -0.3 is 9.84 Å². The SMILES string of the molecule is Cc1cc(Cl)ccc1Oc1ccc(C(=O)O)cc1F. The third-order valence-corrected chi connectivity index (χ3v) is 2.77. The summed E-state index contributed by atoms with van der Waals surface area (Å²) in [5.41, 5.74) is 0.631. The minimum atomic E-state index is -1.19. The van der Waals surface area contributed by atoms with Crippen LogP contribution in [-0.4, -0.2) is 11.1 Å². The number of benzene rings is 2. The first-order valence-electron chi connectivity index (χ1n) is 5.44. The van der Waals surface area contributed by atoms with Gasteiger partial charge in [0.05, 0.1) is 5.56 Å². The van der Waals surface area contributed by atoms with Crippen molar-refractivity contribution in [1.29, 1.82) is 0 Å². The highest BCUT2D eigenvalue weighted by Crippen LogP contribution is 2.29. The molecule has 0 aliphatic heterocycles. The predicted molar refractivity (Wildman–Crippen MR) is 69.6 cm³/mol. The van der Waals surface area contributed by atoms with E-state index in [9.17, 15) is 9.18 Å². The first-order valence-corrected chi connectivity index (χ1v) is 5.82. The van der Waals surface area contributed by atoms with Crippen LogP contribution >= 0.6 is 11.6 Å². The summed E-state index contributed by atoms with van der Waals surface area (Å²) in [7, 11) is 0. The number of aromatic carboxylic acids is 1. The van der Waals surface area contributed by atoms with Crippen molar-refractivity contribution in [2.75, 3.05) is 0 Å². The largest absolute Gasteiger partial charge is 0.478 e. The van der Waals surface area contributed by atoms with E-state index in [-0.39, 0.29) is 11.3 Å². The molecule has 0 aliphatic carbocycles. The van der Waals surface area contributed by atoms with Crippen LogP contribution in [0.5, 0.6) is 11.5 Å². The Morgan fingerprint density at radius 1 is 1.21 bits per heavy atom. The van der Waals surface area contributed by atoms with Crippen molar-refractivity contribution in [2.45, 2.75) is 6.92 Å². The zero-order valence-electron chi connectivity index (χ0n) is 9.98. The van der Waals surface area contributed by atoms with E-state index >= 15 is 0 Å². The Hall–Kier alpha value is -2.07. The number of ether oxygens (including phenoxy) is 1. The number of hydrogen-bond acceptors (Lipinski definition) is 2. The van der Waals surface area contributed by atoms with Gasteiger partial charge in [-0.25, -0.2) is 9.18 Å². The Kier molecular flexibility index (Phi) is 3.71. The summed E-state index contributed by atoms with van der Waals surface area (Å²) in [6, 6.07) is 8.44. The number of halogens is 2. The maximum Gasteiger partial charge on any atom is 0.335 e. The van der Waals surface area contributed by atoms with Gasteiger partial charge in [0, 0.05) is 5.02 Å². The third-order valence-electron chi connectivity index (χ3n) is 2.54. The van der Waals surface area contributed by atoms with Crippen LogP contribution in [0.15, 0.2) is 36.4 Å². The average Bonchev–Trinajstić information content (AvgIpc) is 2.34. The van der Waals surface area contributed by atoms with Gasteiger partial charge in [0.1, 0.15) is 5.75 Å². The summed E-state index contributed by atoms with van der Waals surface area (Å²) in [4.78, 5) is 10.7. The van der Waals surface area contributed by atoms with Crippen molar-refractivity contribution in [3.05, 3.63) is 58.4 Å². The van der Waals surface area contributed by atoms with E-state index in [2.05, 4.69) is 0 Å². The fourth-order valence-electron chi connectivity index (χ4n) is 1.56. The van der Waals surface area contributed by atoms with Crippen LogP contribution in [0.3, 0.4) is 0 Å². The quantitative estimate of drug-likeness (QED) is 0.913. The highest BCUT2D eigenvalue weighted by Gasteiger charge is 2.11. The van der Waals surface area contributed by atoms with Crippen LogP contribution in [0.25, 0.3) is 0 Å². The van der Waals surface area contributed by atoms with Crippen LogP contribution in [0.2, 0.25) is 5.02 Å². The van der Waals surface area contributed by atoms with E-state index in [1.807, 2.05) is 0 Å². The Bertz CT molecular complexity index is 641. The van der Waals surface area contributed by atoms with E-state index in [0.29, 0.717) is 10.8 Å². The lowest BCUT2D eigenvalue weighted by atomic mass is 10.2. The molecule has 0 radical (unpaired) electrons. The Labute approximate surface area is 114 Å². The second-order valence-electron chi connectivity index (χ2n) is 3.96. The molecule has 2 aromatic rings. The molecule has 19 heavy (non-hydrogen) atoms. The molecule has 0 fully saturated rings. The summed E-state index contributed by atoms with van der Waals surface area (Å²) in [6.45, 7) is 1.78. The maximum atomic E-state index is 13.7. The van der Waals surface area contributed by atoms with E-state index in [0.717, 1.165) is 11.6 Å². The summed E-state index contributed by atoms with van der Waals surface area (Å²) in [6.07, 6.45) is 0. The molecule has 0 saturated heterocycles. The summed E-state index contributed by atoms with van der Waals surface area (Å²) in [5.74, 6) is -1.48. The van der Waals surface area contributed by atoms with Crippen molar-refractivity contribution < 1.29 is 19.0 Å². The number of carboxylic acid groups (broad SMARTS) is 1. The second-order valence-corrected chi connectivity index (χ2v) is 4.40. The van der Waals surface area contributed by atoms with Gasteiger partial charge in [-0.15, -0.1) is 0 Å². The zero-order chi connectivity index (χ0) is 14.0. The van der Waals surface area contributed by atoms with Crippen LogP contribution in [0.1, 0.15) is 15.9 Å². The molecule has 0 aliphatic rings. The highest BCUT2D eigenvalue weighted by atomic mass is 35.5. The molecule has 0 bridgehead atoms.